The smallest absolute Gasteiger partial charge is 0.338 e. The first kappa shape index (κ1) is 16.6. The van der Waals surface area contributed by atoms with Crippen LogP contribution in [0.4, 0.5) is 5.13 Å². The molecule has 1 aromatic heterocycles. The number of benzene rings is 2. The number of rotatable bonds is 4. The molecule has 0 unspecified atom stereocenters. The molecule has 0 aliphatic rings. The molecule has 0 saturated carbocycles. The summed E-state index contributed by atoms with van der Waals surface area (Å²) < 4.78 is 6.51. The van der Waals surface area contributed by atoms with Gasteiger partial charge in [0.25, 0.3) is 5.91 Å². The lowest BCUT2D eigenvalue weighted by molar-refractivity contribution is 0.0526. The molecule has 0 aliphatic carbocycles. The number of carbonyl (C=O) groups is 2. The lowest BCUT2D eigenvalue weighted by Crippen LogP contribution is -2.12. The van der Waals surface area contributed by atoms with Crippen molar-refractivity contribution < 1.29 is 14.3 Å². The highest BCUT2D eigenvalue weighted by Crippen LogP contribution is 2.28. The molecule has 0 radical (unpaired) electrons. The van der Waals surface area contributed by atoms with Crippen LogP contribution in [0.1, 0.15) is 27.6 Å². The summed E-state index contributed by atoms with van der Waals surface area (Å²) in [5.74, 6) is -0.612. The van der Waals surface area contributed by atoms with E-state index in [4.69, 9.17) is 4.74 Å². The van der Waals surface area contributed by atoms with Gasteiger partial charge >= 0.3 is 5.97 Å². The molecule has 0 atom stereocenters. The normalized spacial score (nSPS) is 10.6. The fourth-order valence-corrected chi connectivity index (χ4v) is 3.49. The Balaban J connectivity index is 1.84. The first-order chi connectivity index (χ1) is 11.6. The van der Waals surface area contributed by atoms with Crippen LogP contribution >= 0.6 is 27.3 Å². The van der Waals surface area contributed by atoms with Gasteiger partial charge in [0, 0.05) is 4.47 Å². The third kappa shape index (κ3) is 3.47. The molecule has 0 saturated heterocycles. The number of halogens is 1. The van der Waals surface area contributed by atoms with Crippen molar-refractivity contribution in [3.05, 3.63) is 58.1 Å². The van der Waals surface area contributed by atoms with Gasteiger partial charge < -0.3 is 4.74 Å². The number of thiazole rings is 1. The molecule has 24 heavy (non-hydrogen) atoms. The van der Waals surface area contributed by atoms with Gasteiger partial charge in [-0.15, -0.1) is 0 Å². The minimum Gasteiger partial charge on any atom is -0.462 e. The van der Waals surface area contributed by atoms with E-state index in [1.54, 1.807) is 43.3 Å². The predicted molar refractivity (Wildman–Crippen MR) is 97.7 cm³/mol. The minimum atomic E-state index is -0.369. The first-order valence-corrected chi connectivity index (χ1v) is 8.83. The largest absolute Gasteiger partial charge is 0.462 e. The van der Waals surface area contributed by atoms with Crippen LogP contribution in [0.15, 0.2) is 46.9 Å². The number of nitrogens with one attached hydrogen (secondary N) is 1. The van der Waals surface area contributed by atoms with E-state index in [2.05, 4.69) is 26.2 Å². The molecule has 1 N–H and O–H groups in total. The van der Waals surface area contributed by atoms with Crippen LogP contribution in [0.25, 0.3) is 10.2 Å². The van der Waals surface area contributed by atoms with E-state index < -0.39 is 0 Å². The standard InChI is InChI=1S/C17H13BrN2O3S/c1-2-23-16(22)10-7-8-13-14(9-10)24-17(19-13)20-15(21)11-5-3-4-6-12(11)18/h3-9H,2H2,1H3,(H,19,20,21). The van der Waals surface area contributed by atoms with Crippen molar-refractivity contribution in [3.63, 3.8) is 0 Å². The van der Waals surface area contributed by atoms with Gasteiger partial charge in [0.05, 0.1) is 28.0 Å². The van der Waals surface area contributed by atoms with Gasteiger partial charge in [-0.25, -0.2) is 9.78 Å². The maximum absolute atomic E-state index is 12.3. The Morgan fingerprint density at radius 3 is 2.79 bits per heavy atom. The van der Waals surface area contributed by atoms with Crippen LogP contribution in [-0.4, -0.2) is 23.5 Å². The lowest BCUT2D eigenvalue weighted by Gasteiger charge is -2.03. The summed E-state index contributed by atoms with van der Waals surface area (Å²) in [7, 11) is 0. The van der Waals surface area contributed by atoms with Gasteiger partial charge in [0.2, 0.25) is 0 Å². The number of amides is 1. The maximum Gasteiger partial charge on any atom is 0.338 e. The highest BCUT2D eigenvalue weighted by Gasteiger charge is 2.14. The second-order valence-electron chi connectivity index (χ2n) is 4.86. The van der Waals surface area contributed by atoms with Gasteiger partial charge in [-0.1, -0.05) is 23.5 Å². The van der Waals surface area contributed by atoms with E-state index in [0.717, 1.165) is 10.2 Å². The Kier molecular flexibility index (Phi) is 4.92. The SMILES string of the molecule is CCOC(=O)c1ccc2nc(NC(=O)c3ccccc3Br)sc2c1. The molecule has 0 bridgehead atoms. The number of anilines is 1. The molecule has 7 heteroatoms. The Bertz CT molecular complexity index is 923. The van der Waals surface area contributed by atoms with Crippen molar-refractivity contribution in [1.82, 2.24) is 4.98 Å². The van der Waals surface area contributed by atoms with Crippen molar-refractivity contribution in [1.29, 1.82) is 0 Å². The highest BCUT2D eigenvalue weighted by atomic mass is 79.9. The lowest BCUT2D eigenvalue weighted by atomic mass is 10.2. The summed E-state index contributed by atoms with van der Waals surface area (Å²) in [4.78, 5) is 28.5. The maximum atomic E-state index is 12.3. The molecule has 0 spiro atoms. The van der Waals surface area contributed by atoms with Crippen molar-refractivity contribution in [3.8, 4) is 0 Å². The van der Waals surface area contributed by atoms with E-state index in [1.807, 2.05) is 6.07 Å². The molecule has 5 nitrogen and oxygen atoms in total. The van der Waals surface area contributed by atoms with Crippen LogP contribution in [0.5, 0.6) is 0 Å². The summed E-state index contributed by atoms with van der Waals surface area (Å²) in [6.45, 7) is 2.09. The number of fused-ring (bicyclic) bond motifs is 1. The van der Waals surface area contributed by atoms with Crippen LogP contribution in [0.2, 0.25) is 0 Å². The summed E-state index contributed by atoms with van der Waals surface area (Å²) in [6, 6.07) is 12.3. The van der Waals surface area contributed by atoms with Gasteiger partial charge in [-0.05, 0) is 53.2 Å². The summed E-state index contributed by atoms with van der Waals surface area (Å²) in [5, 5.41) is 3.26. The molecule has 3 rings (SSSR count). The summed E-state index contributed by atoms with van der Waals surface area (Å²) >= 11 is 4.67. The van der Waals surface area contributed by atoms with Gasteiger partial charge in [-0.2, -0.15) is 0 Å². The Morgan fingerprint density at radius 2 is 2.04 bits per heavy atom. The number of nitrogens with zero attached hydrogens (tertiary/aromatic N) is 1. The molecule has 1 amide bonds. The third-order valence-electron chi connectivity index (χ3n) is 3.24. The van der Waals surface area contributed by atoms with E-state index >= 15 is 0 Å². The number of ether oxygens (including phenoxy) is 1. The molecule has 2 aromatic carbocycles. The van der Waals surface area contributed by atoms with Crippen LogP contribution in [0.3, 0.4) is 0 Å². The van der Waals surface area contributed by atoms with Crippen molar-refractivity contribution in [2.45, 2.75) is 6.92 Å². The van der Waals surface area contributed by atoms with Gasteiger partial charge in [0.15, 0.2) is 5.13 Å². The molecule has 1 heterocycles. The van der Waals surface area contributed by atoms with E-state index in [1.165, 1.54) is 11.3 Å². The zero-order chi connectivity index (χ0) is 17.1. The first-order valence-electron chi connectivity index (χ1n) is 7.22. The monoisotopic (exact) mass is 404 g/mol. The minimum absolute atomic E-state index is 0.243. The second kappa shape index (κ2) is 7.11. The zero-order valence-corrected chi connectivity index (χ0v) is 15.1. The average Bonchev–Trinajstić information content (AvgIpc) is 2.96. The Hall–Kier alpha value is -2.25. The van der Waals surface area contributed by atoms with Crippen LogP contribution in [0, 0.1) is 0 Å². The molecule has 0 aliphatic heterocycles. The highest BCUT2D eigenvalue weighted by molar-refractivity contribution is 9.10. The number of hydrogen-bond donors (Lipinski definition) is 1. The van der Waals surface area contributed by atoms with Gasteiger partial charge in [0.1, 0.15) is 0 Å². The topological polar surface area (TPSA) is 68.3 Å². The van der Waals surface area contributed by atoms with Crippen LogP contribution in [-0.2, 0) is 4.74 Å². The second-order valence-corrected chi connectivity index (χ2v) is 6.74. The van der Waals surface area contributed by atoms with E-state index in [9.17, 15) is 9.59 Å². The van der Waals surface area contributed by atoms with Crippen molar-refractivity contribution in [2.24, 2.45) is 0 Å². The third-order valence-corrected chi connectivity index (χ3v) is 4.86. The molecule has 0 fully saturated rings. The molecular formula is C17H13BrN2O3S. The molecule has 122 valence electrons. The molecular weight excluding hydrogens is 392 g/mol. The summed E-state index contributed by atoms with van der Waals surface area (Å²) in [6.07, 6.45) is 0. The van der Waals surface area contributed by atoms with Crippen molar-refractivity contribution >= 4 is 54.5 Å². The number of hydrogen-bond acceptors (Lipinski definition) is 5. The Labute approximate surface area is 150 Å². The molecule has 3 aromatic rings. The average molecular weight is 405 g/mol. The Morgan fingerprint density at radius 1 is 1.25 bits per heavy atom. The number of aromatic nitrogens is 1. The number of esters is 1. The number of carbonyl (C=O) groups excluding carboxylic acids is 2. The predicted octanol–water partition coefficient (Wildman–Crippen LogP) is 4.49. The van der Waals surface area contributed by atoms with E-state index in [-0.39, 0.29) is 11.9 Å². The summed E-state index contributed by atoms with van der Waals surface area (Å²) in [5.41, 5.74) is 1.72. The zero-order valence-electron chi connectivity index (χ0n) is 12.7. The quantitative estimate of drug-likeness (QED) is 0.650. The van der Waals surface area contributed by atoms with Crippen molar-refractivity contribution in [2.75, 3.05) is 11.9 Å². The fraction of sp³-hybridized carbons (Fsp3) is 0.118. The van der Waals surface area contributed by atoms with Gasteiger partial charge in [-0.3, -0.25) is 10.1 Å². The fourth-order valence-electron chi connectivity index (χ4n) is 2.13. The van der Waals surface area contributed by atoms with E-state index in [0.29, 0.717) is 27.3 Å². The van der Waals surface area contributed by atoms with Crippen LogP contribution < -0.4 is 5.32 Å².